The zero-order valence-corrected chi connectivity index (χ0v) is 15.3. The number of nitrogens with two attached hydrogens (primary N) is 1. The molecule has 3 N–H and O–H groups in total. The molecule has 1 aliphatic heterocycles. The first-order valence-corrected chi connectivity index (χ1v) is 10.1. The van der Waals surface area contributed by atoms with Crippen LogP contribution in [0.3, 0.4) is 0 Å². The molecule has 2 fully saturated rings. The summed E-state index contributed by atoms with van der Waals surface area (Å²) in [5.74, 6) is -1.37. The van der Waals surface area contributed by atoms with E-state index in [2.05, 4.69) is 0 Å². The van der Waals surface area contributed by atoms with Crippen LogP contribution >= 0.6 is 0 Å². The Bertz CT molecular complexity index is 803. The maximum Gasteiger partial charge on any atom is 0.256 e. The van der Waals surface area contributed by atoms with E-state index in [1.165, 1.54) is 4.90 Å². The first-order valence-electron chi connectivity index (χ1n) is 8.60. The molecule has 26 heavy (non-hydrogen) atoms. The summed E-state index contributed by atoms with van der Waals surface area (Å²) in [4.78, 5) is 13.8. The van der Waals surface area contributed by atoms with Gasteiger partial charge >= 0.3 is 0 Å². The van der Waals surface area contributed by atoms with Gasteiger partial charge in [0.05, 0.1) is 22.7 Å². The number of piperidine rings is 1. The molecule has 1 saturated heterocycles. The van der Waals surface area contributed by atoms with E-state index in [-0.39, 0.29) is 22.0 Å². The molecule has 1 aromatic rings. The van der Waals surface area contributed by atoms with E-state index >= 15 is 0 Å². The van der Waals surface area contributed by atoms with Gasteiger partial charge in [-0.1, -0.05) is 0 Å². The van der Waals surface area contributed by atoms with E-state index < -0.39 is 27.9 Å². The molecule has 2 atom stereocenters. The number of carbonyl (C=O) groups excluding carboxylic acids is 1. The smallest absolute Gasteiger partial charge is 0.256 e. The Kier molecular flexibility index (Phi) is 5.08. The van der Waals surface area contributed by atoms with Gasteiger partial charge < -0.3 is 14.7 Å². The van der Waals surface area contributed by atoms with Crippen LogP contribution < -0.4 is 5.14 Å². The van der Waals surface area contributed by atoms with Gasteiger partial charge in [-0.2, -0.15) is 0 Å². The van der Waals surface area contributed by atoms with Crippen molar-refractivity contribution in [2.45, 2.75) is 43.3 Å². The third-order valence-corrected chi connectivity index (χ3v) is 6.50. The Balaban J connectivity index is 1.75. The molecule has 9 heteroatoms. The Morgan fingerprint density at radius 2 is 2.08 bits per heavy atom. The molecule has 3 rings (SSSR count). The number of halogens is 1. The number of primary sulfonamides is 1. The number of sulfonamides is 1. The van der Waals surface area contributed by atoms with Crippen molar-refractivity contribution < 1.29 is 27.4 Å². The summed E-state index contributed by atoms with van der Waals surface area (Å²) in [7, 11) is -4.03. The van der Waals surface area contributed by atoms with Crippen LogP contribution in [-0.2, 0) is 14.8 Å². The van der Waals surface area contributed by atoms with Crippen molar-refractivity contribution in [2.75, 3.05) is 19.7 Å². The Morgan fingerprint density at radius 1 is 1.42 bits per heavy atom. The van der Waals surface area contributed by atoms with Crippen LogP contribution in [0.1, 0.15) is 36.5 Å². The summed E-state index contributed by atoms with van der Waals surface area (Å²) < 4.78 is 42.7. The van der Waals surface area contributed by atoms with Gasteiger partial charge in [0.15, 0.2) is 0 Å². The average Bonchev–Trinajstić information content (AvgIpc) is 2.60. The van der Waals surface area contributed by atoms with Crippen molar-refractivity contribution >= 4 is 15.9 Å². The van der Waals surface area contributed by atoms with E-state index in [4.69, 9.17) is 9.88 Å². The van der Waals surface area contributed by atoms with Crippen molar-refractivity contribution in [1.82, 2.24) is 4.90 Å². The summed E-state index contributed by atoms with van der Waals surface area (Å²) in [5, 5.41) is 15.3. The van der Waals surface area contributed by atoms with E-state index in [1.54, 1.807) is 0 Å². The fourth-order valence-corrected chi connectivity index (χ4v) is 4.50. The molecule has 2 aliphatic rings. The first kappa shape index (κ1) is 19.2. The third kappa shape index (κ3) is 3.24. The zero-order chi connectivity index (χ0) is 19.1. The van der Waals surface area contributed by atoms with E-state index in [9.17, 15) is 22.7 Å². The number of likely N-dealkylation sites (tertiary alicyclic amines) is 1. The molecule has 1 aromatic carbocycles. The first-order chi connectivity index (χ1) is 12.2. The van der Waals surface area contributed by atoms with Crippen LogP contribution in [0.15, 0.2) is 23.1 Å². The fourth-order valence-electron chi connectivity index (χ4n) is 3.96. The molecule has 1 spiro atoms. The van der Waals surface area contributed by atoms with Crippen molar-refractivity contribution in [1.29, 1.82) is 0 Å². The molecule has 7 nitrogen and oxygen atoms in total. The van der Waals surface area contributed by atoms with Crippen molar-refractivity contribution in [3.05, 3.63) is 29.6 Å². The molecule has 1 saturated carbocycles. The van der Waals surface area contributed by atoms with E-state index in [0.717, 1.165) is 18.2 Å². The number of carbonyl (C=O) groups is 1. The number of hydrogen-bond donors (Lipinski definition) is 2. The molecule has 0 radical (unpaired) electrons. The van der Waals surface area contributed by atoms with E-state index in [0.29, 0.717) is 39.0 Å². The topological polar surface area (TPSA) is 110 Å². The maximum absolute atomic E-state index is 14.1. The number of aliphatic hydroxyl groups excluding tert-OH is 1. The quantitative estimate of drug-likeness (QED) is 0.798. The Hall–Kier alpha value is -1.55. The highest BCUT2D eigenvalue weighted by molar-refractivity contribution is 7.89. The highest BCUT2D eigenvalue weighted by Gasteiger charge is 2.56. The van der Waals surface area contributed by atoms with Gasteiger partial charge in [0.25, 0.3) is 5.91 Å². The largest absolute Gasteiger partial charge is 0.392 e. The summed E-state index contributed by atoms with van der Waals surface area (Å²) in [5.41, 5.74) is -0.670. The fraction of sp³-hybridized carbons (Fsp3) is 0.588. The number of benzene rings is 1. The highest BCUT2D eigenvalue weighted by Crippen LogP contribution is 2.51. The number of ether oxygens (including phenoxy) is 1. The standard InChI is InChI=1S/C17H23FN2O5S/c1-2-25-15-10-14(21)17(15)5-7-20(8-6-17)16(22)12-9-11(26(19,23)24)3-4-13(12)18/h3-4,9,14-15,21H,2,5-8,10H2,1H3,(H2,19,23,24)/t14-,15+/m0/s1. The summed E-state index contributed by atoms with van der Waals surface area (Å²) in [6.45, 7) is 3.16. The van der Waals surface area contributed by atoms with Gasteiger partial charge in [0, 0.05) is 31.5 Å². The molecule has 0 aromatic heterocycles. The normalized spacial score (nSPS) is 25.2. The lowest BCUT2D eigenvalue weighted by atomic mass is 9.58. The summed E-state index contributed by atoms with van der Waals surface area (Å²) in [6.07, 6.45) is 1.22. The molecule has 0 unspecified atom stereocenters. The highest BCUT2D eigenvalue weighted by atomic mass is 32.2. The lowest BCUT2D eigenvalue weighted by molar-refractivity contribution is -0.207. The van der Waals surface area contributed by atoms with Crippen molar-refractivity contribution in [2.24, 2.45) is 10.6 Å². The predicted molar refractivity (Wildman–Crippen MR) is 91.4 cm³/mol. The number of amides is 1. The van der Waals surface area contributed by atoms with Crippen LogP contribution in [0.5, 0.6) is 0 Å². The molecular weight excluding hydrogens is 363 g/mol. The maximum atomic E-state index is 14.1. The number of hydrogen-bond acceptors (Lipinski definition) is 5. The minimum absolute atomic E-state index is 0.0257. The summed E-state index contributed by atoms with van der Waals surface area (Å²) >= 11 is 0. The van der Waals surface area contributed by atoms with Crippen molar-refractivity contribution in [3.8, 4) is 0 Å². The van der Waals surface area contributed by atoms with Gasteiger partial charge in [-0.05, 0) is 38.0 Å². The number of nitrogens with zero attached hydrogens (tertiary/aromatic N) is 1. The molecule has 1 heterocycles. The average molecular weight is 386 g/mol. The van der Waals surface area contributed by atoms with E-state index in [1.807, 2.05) is 6.92 Å². The Morgan fingerprint density at radius 3 is 2.62 bits per heavy atom. The van der Waals surface area contributed by atoms with Crippen LogP contribution in [0.2, 0.25) is 0 Å². The Labute approximate surface area is 152 Å². The molecular formula is C17H23FN2O5S. The second-order valence-corrected chi connectivity index (χ2v) is 8.47. The molecule has 0 bridgehead atoms. The lowest BCUT2D eigenvalue weighted by Gasteiger charge is -2.56. The zero-order valence-electron chi connectivity index (χ0n) is 14.5. The molecule has 144 valence electrons. The van der Waals surface area contributed by atoms with Gasteiger partial charge in [-0.25, -0.2) is 17.9 Å². The monoisotopic (exact) mass is 386 g/mol. The van der Waals surface area contributed by atoms with Crippen LogP contribution in [0.25, 0.3) is 0 Å². The minimum Gasteiger partial charge on any atom is -0.392 e. The molecule has 1 aliphatic carbocycles. The van der Waals surface area contributed by atoms with Crippen LogP contribution in [0, 0.1) is 11.2 Å². The predicted octanol–water partition coefficient (Wildman–Crippen LogP) is 0.865. The third-order valence-electron chi connectivity index (χ3n) is 5.59. The number of aliphatic hydroxyl groups is 1. The SMILES string of the molecule is CCO[C@@H]1C[C@H](O)C12CCN(C(=O)c1cc(S(N)(=O)=O)ccc1F)CC2. The number of rotatable bonds is 4. The van der Waals surface area contributed by atoms with Crippen LogP contribution in [-0.4, -0.2) is 56.2 Å². The van der Waals surface area contributed by atoms with Gasteiger partial charge in [-0.3, -0.25) is 4.79 Å². The van der Waals surface area contributed by atoms with Gasteiger partial charge in [-0.15, -0.1) is 0 Å². The second kappa shape index (κ2) is 6.88. The van der Waals surface area contributed by atoms with Crippen molar-refractivity contribution in [3.63, 3.8) is 0 Å². The minimum atomic E-state index is -4.03. The second-order valence-electron chi connectivity index (χ2n) is 6.91. The summed E-state index contributed by atoms with van der Waals surface area (Å²) in [6, 6.07) is 2.93. The van der Waals surface area contributed by atoms with Gasteiger partial charge in [0.1, 0.15) is 5.82 Å². The van der Waals surface area contributed by atoms with Crippen LogP contribution in [0.4, 0.5) is 4.39 Å². The van der Waals surface area contributed by atoms with Gasteiger partial charge in [0.2, 0.25) is 10.0 Å². The molecule has 1 amide bonds. The lowest BCUT2D eigenvalue weighted by Crippen LogP contribution is -2.62.